The number of rotatable bonds is 6. The monoisotopic (exact) mass is 583 g/mol. The summed E-state index contributed by atoms with van der Waals surface area (Å²) in [6, 6.07) is 3.73. The van der Waals surface area contributed by atoms with E-state index in [4.69, 9.17) is 9.47 Å². The van der Waals surface area contributed by atoms with Crippen molar-refractivity contribution in [2.24, 2.45) is 0 Å². The van der Waals surface area contributed by atoms with Crippen LogP contribution in [0.5, 0.6) is 0 Å². The second-order valence-corrected chi connectivity index (χ2v) is 11.5. The molecule has 174 valence electrons. The summed E-state index contributed by atoms with van der Waals surface area (Å²) < 4.78 is 40.2. The largest absolute Gasteiger partial charge is 0.447 e. The van der Waals surface area contributed by atoms with E-state index < -0.39 is 39.9 Å². The highest BCUT2D eigenvalue weighted by atomic mass is 79.9. The van der Waals surface area contributed by atoms with Gasteiger partial charge in [-0.1, -0.05) is 15.9 Å². The molecule has 2 rings (SSSR count). The van der Waals surface area contributed by atoms with Gasteiger partial charge in [0.2, 0.25) is 10.0 Å². The number of carbonyl (C=O) groups is 2. The summed E-state index contributed by atoms with van der Waals surface area (Å²) in [7, 11) is -3.87. The molecule has 31 heavy (non-hydrogen) atoms. The molecule has 0 bridgehead atoms. The fourth-order valence-corrected chi connectivity index (χ4v) is 5.78. The maximum absolute atomic E-state index is 12.9. The maximum atomic E-state index is 12.9. The van der Waals surface area contributed by atoms with Gasteiger partial charge in [-0.05, 0) is 68.2 Å². The van der Waals surface area contributed by atoms with Gasteiger partial charge in [0.15, 0.2) is 0 Å². The summed E-state index contributed by atoms with van der Waals surface area (Å²) in [5.74, 6) is 0. The Morgan fingerprint density at radius 2 is 1.94 bits per heavy atom. The topological polar surface area (TPSA) is 114 Å². The molecule has 1 aromatic carbocycles. The molecule has 2 amide bonds. The lowest BCUT2D eigenvalue weighted by molar-refractivity contribution is 0.0158. The van der Waals surface area contributed by atoms with Crippen LogP contribution in [0.4, 0.5) is 9.59 Å². The number of hydrogen-bond acceptors (Lipinski definition) is 6. The number of nitrogens with zero attached hydrogens (tertiary/aromatic N) is 1. The Bertz CT molecular complexity index is 920. The molecule has 0 aromatic heterocycles. The number of halogens is 2. The number of likely N-dealkylation sites (tertiary alicyclic amines) is 1. The van der Waals surface area contributed by atoms with Crippen molar-refractivity contribution in [1.82, 2.24) is 14.9 Å². The van der Waals surface area contributed by atoms with Gasteiger partial charge >= 0.3 is 12.2 Å². The second kappa shape index (κ2) is 10.5. The molecule has 0 spiro atoms. The summed E-state index contributed by atoms with van der Waals surface area (Å²) in [5.41, 5.74) is -0.721. The van der Waals surface area contributed by atoms with Gasteiger partial charge in [-0.3, -0.25) is 0 Å². The summed E-state index contributed by atoms with van der Waals surface area (Å²) in [5, 5.41) is 2.52. The van der Waals surface area contributed by atoms with Crippen molar-refractivity contribution >= 4 is 54.1 Å². The molecule has 0 unspecified atom stereocenters. The zero-order valence-electron chi connectivity index (χ0n) is 17.8. The van der Waals surface area contributed by atoms with E-state index in [1.165, 1.54) is 11.0 Å². The number of benzene rings is 1. The maximum Gasteiger partial charge on any atom is 0.410 e. The van der Waals surface area contributed by atoms with Gasteiger partial charge in [0, 0.05) is 28.1 Å². The zero-order chi connectivity index (χ0) is 23.4. The van der Waals surface area contributed by atoms with E-state index in [1.807, 2.05) is 0 Å². The summed E-state index contributed by atoms with van der Waals surface area (Å²) >= 11 is 6.54. The molecular formula is C19H27Br2N3O6S. The van der Waals surface area contributed by atoms with Gasteiger partial charge in [0.25, 0.3) is 0 Å². The molecule has 2 N–H and O–H groups in total. The highest BCUT2D eigenvalue weighted by Gasteiger charge is 2.40. The Morgan fingerprint density at radius 1 is 1.26 bits per heavy atom. The second-order valence-electron chi connectivity index (χ2n) is 8.04. The number of hydrogen-bond donors (Lipinski definition) is 2. The molecule has 0 radical (unpaired) electrons. The van der Waals surface area contributed by atoms with E-state index in [-0.39, 0.29) is 24.5 Å². The number of carbonyl (C=O) groups excluding carboxylic acids is 2. The van der Waals surface area contributed by atoms with Crippen LogP contribution in [0.25, 0.3) is 0 Å². The van der Waals surface area contributed by atoms with Crippen molar-refractivity contribution in [2.75, 3.05) is 19.7 Å². The SMILES string of the molecule is CCNC(=O)OC[C@H]1C[C@@H](NS(=O)(=O)c2cc(Br)ccc2Br)CN1C(=O)OC(C)(C)C. The predicted molar refractivity (Wildman–Crippen MR) is 122 cm³/mol. The minimum Gasteiger partial charge on any atom is -0.447 e. The first-order valence-electron chi connectivity index (χ1n) is 9.70. The number of alkyl carbamates (subject to hydrolysis) is 1. The highest BCUT2D eigenvalue weighted by Crippen LogP contribution is 2.28. The fraction of sp³-hybridized carbons (Fsp3) is 0.579. The number of amides is 2. The van der Waals surface area contributed by atoms with Crippen molar-refractivity contribution in [3.8, 4) is 0 Å². The van der Waals surface area contributed by atoms with Crippen LogP contribution in [0, 0.1) is 0 Å². The van der Waals surface area contributed by atoms with Crippen LogP contribution in [-0.4, -0.2) is 62.9 Å². The predicted octanol–water partition coefficient (Wildman–Crippen LogP) is 3.61. The summed E-state index contributed by atoms with van der Waals surface area (Å²) in [4.78, 5) is 25.8. The van der Waals surface area contributed by atoms with Crippen molar-refractivity contribution in [1.29, 1.82) is 0 Å². The van der Waals surface area contributed by atoms with Gasteiger partial charge < -0.3 is 19.7 Å². The van der Waals surface area contributed by atoms with Gasteiger partial charge in [0.1, 0.15) is 12.2 Å². The Labute approximate surface area is 199 Å². The fourth-order valence-electron chi connectivity index (χ4n) is 3.04. The third-order valence-electron chi connectivity index (χ3n) is 4.27. The molecule has 1 aromatic rings. The lowest BCUT2D eigenvalue weighted by Gasteiger charge is -2.28. The molecule has 1 aliphatic heterocycles. The van der Waals surface area contributed by atoms with Crippen molar-refractivity contribution < 1.29 is 27.5 Å². The first-order chi connectivity index (χ1) is 14.3. The standard InChI is InChI=1S/C19H27Br2N3O6S/c1-5-22-17(25)29-11-14-9-13(10-24(14)18(26)30-19(2,3)4)23-31(27,28)16-8-12(20)6-7-15(16)21/h6-8,13-14,23H,5,9-11H2,1-4H3,(H,22,25)/t13-,14-/m1/s1. The Kier molecular flexibility index (Phi) is 8.77. The van der Waals surface area contributed by atoms with E-state index in [9.17, 15) is 18.0 Å². The van der Waals surface area contributed by atoms with Crippen LogP contribution < -0.4 is 10.0 Å². The van der Waals surface area contributed by atoms with Crippen molar-refractivity contribution in [2.45, 2.75) is 56.7 Å². The molecule has 12 heteroatoms. The Morgan fingerprint density at radius 3 is 2.55 bits per heavy atom. The molecule has 1 fully saturated rings. The lowest BCUT2D eigenvalue weighted by atomic mass is 10.2. The van der Waals surface area contributed by atoms with Gasteiger partial charge in [-0.15, -0.1) is 0 Å². The van der Waals surface area contributed by atoms with Crippen molar-refractivity contribution in [3.05, 3.63) is 27.1 Å². The highest BCUT2D eigenvalue weighted by molar-refractivity contribution is 9.11. The molecular weight excluding hydrogens is 558 g/mol. The van der Waals surface area contributed by atoms with Crippen LogP contribution >= 0.6 is 31.9 Å². The van der Waals surface area contributed by atoms with E-state index >= 15 is 0 Å². The lowest BCUT2D eigenvalue weighted by Crippen LogP contribution is -2.43. The quantitative estimate of drug-likeness (QED) is 0.528. The summed E-state index contributed by atoms with van der Waals surface area (Å²) in [6.07, 6.45) is -0.931. The normalized spacial score (nSPS) is 19.2. The van der Waals surface area contributed by atoms with E-state index in [1.54, 1.807) is 39.8 Å². The molecule has 0 saturated carbocycles. The first kappa shape index (κ1) is 25.9. The number of sulfonamides is 1. The summed E-state index contributed by atoms with van der Waals surface area (Å²) in [6.45, 7) is 7.40. The van der Waals surface area contributed by atoms with Gasteiger partial charge in [-0.25, -0.2) is 22.7 Å². The minimum atomic E-state index is -3.87. The Balaban J connectivity index is 2.18. The van der Waals surface area contributed by atoms with Crippen LogP contribution in [0.1, 0.15) is 34.1 Å². The van der Waals surface area contributed by atoms with Gasteiger partial charge in [0.05, 0.1) is 10.9 Å². The Hall–Kier alpha value is -1.37. The number of ether oxygens (including phenoxy) is 2. The van der Waals surface area contributed by atoms with E-state index in [0.29, 0.717) is 15.5 Å². The van der Waals surface area contributed by atoms with Crippen LogP contribution in [0.2, 0.25) is 0 Å². The molecule has 2 atom stereocenters. The van der Waals surface area contributed by atoms with Crippen LogP contribution in [0.3, 0.4) is 0 Å². The average Bonchev–Trinajstić information content (AvgIpc) is 3.03. The molecule has 0 aliphatic carbocycles. The molecule has 1 heterocycles. The third kappa shape index (κ3) is 7.62. The smallest absolute Gasteiger partial charge is 0.410 e. The molecule has 9 nitrogen and oxygen atoms in total. The van der Waals surface area contributed by atoms with E-state index in [0.717, 1.165) is 0 Å². The zero-order valence-corrected chi connectivity index (χ0v) is 21.8. The van der Waals surface area contributed by atoms with Crippen molar-refractivity contribution in [3.63, 3.8) is 0 Å². The minimum absolute atomic E-state index is 0.0766. The van der Waals surface area contributed by atoms with Crippen LogP contribution in [-0.2, 0) is 19.5 Å². The van der Waals surface area contributed by atoms with Gasteiger partial charge in [-0.2, -0.15) is 0 Å². The van der Waals surface area contributed by atoms with Crippen LogP contribution in [0.15, 0.2) is 32.0 Å². The average molecular weight is 585 g/mol. The molecule has 1 saturated heterocycles. The van der Waals surface area contributed by atoms with E-state index in [2.05, 4.69) is 41.9 Å². The number of nitrogens with one attached hydrogen (secondary N) is 2. The molecule has 1 aliphatic rings. The first-order valence-corrected chi connectivity index (χ1v) is 12.8. The third-order valence-corrected chi connectivity index (χ3v) is 7.28.